The maximum Gasteiger partial charge on any atom is 0.143 e. The Bertz CT molecular complexity index is 779. The minimum atomic E-state index is -0.614. The fraction of sp³-hybridized carbons (Fsp3) is 0.280. The number of epoxide rings is 1. The van der Waals surface area contributed by atoms with Gasteiger partial charge in [0.05, 0.1) is 18.8 Å². The summed E-state index contributed by atoms with van der Waals surface area (Å²) < 4.78 is 12.7. The highest BCUT2D eigenvalue weighted by molar-refractivity contribution is 5.47. The molecular weight excluding hydrogens is 332 g/mol. The molecule has 3 aromatic rings. The van der Waals surface area contributed by atoms with Gasteiger partial charge in [-0.1, -0.05) is 91.0 Å². The second-order valence-corrected chi connectivity index (χ2v) is 7.57. The average molecular weight is 356 g/mol. The Morgan fingerprint density at radius 2 is 1.19 bits per heavy atom. The van der Waals surface area contributed by atoms with Crippen LogP contribution in [0.3, 0.4) is 0 Å². The van der Waals surface area contributed by atoms with Crippen LogP contribution in [0.15, 0.2) is 91.0 Å². The third-order valence-corrected chi connectivity index (χ3v) is 5.96. The largest absolute Gasteiger partial charge is 0.369 e. The van der Waals surface area contributed by atoms with Gasteiger partial charge >= 0.3 is 0 Å². The predicted molar refractivity (Wildman–Crippen MR) is 107 cm³/mol. The van der Waals surface area contributed by atoms with Crippen LogP contribution < -0.4 is 0 Å². The van der Waals surface area contributed by atoms with E-state index in [9.17, 15) is 0 Å². The Morgan fingerprint density at radius 3 is 1.56 bits per heavy atom. The zero-order chi connectivity index (χ0) is 18.1. The third kappa shape index (κ3) is 2.99. The molecule has 2 fully saturated rings. The summed E-state index contributed by atoms with van der Waals surface area (Å²) in [6.45, 7) is 0.708. The van der Waals surface area contributed by atoms with Crippen molar-refractivity contribution in [1.29, 1.82) is 0 Å². The van der Waals surface area contributed by atoms with Crippen molar-refractivity contribution in [2.24, 2.45) is 5.92 Å². The summed E-state index contributed by atoms with van der Waals surface area (Å²) in [5, 5.41) is 0. The zero-order valence-corrected chi connectivity index (χ0v) is 15.3. The molecule has 3 atom stereocenters. The molecule has 136 valence electrons. The highest BCUT2D eigenvalue weighted by Crippen LogP contribution is 2.46. The summed E-state index contributed by atoms with van der Waals surface area (Å²) in [4.78, 5) is 0. The first kappa shape index (κ1) is 16.7. The second-order valence-electron chi connectivity index (χ2n) is 7.57. The summed E-state index contributed by atoms with van der Waals surface area (Å²) in [6.07, 6.45) is 3.26. The van der Waals surface area contributed by atoms with Crippen LogP contribution >= 0.6 is 0 Å². The molecule has 1 saturated heterocycles. The normalized spacial score (nSPS) is 23.8. The Morgan fingerprint density at radius 1 is 0.704 bits per heavy atom. The van der Waals surface area contributed by atoms with Crippen LogP contribution in [-0.2, 0) is 15.1 Å². The Hall–Kier alpha value is -2.42. The van der Waals surface area contributed by atoms with Gasteiger partial charge in [-0.15, -0.1) is 0 Å². The van der Waals surface area contributed by atoms with Crippen molar-refractivity contribution in [1.82, 2.24) is 0 Å². The van der Waals surface area contributed by atoms with Crippen LogP contribution in [0, 0.1) is 5.92 Å². The first-order valence-corrected chi connectivity index (χ1v) is 9.84. The fourth-order valence-corrected chi connectivity index (χ4v) is 4.52. The van der Waals surface area contributed by atoms with Gasteiger partial charge < -0.3 is 9.47 Å². The van der Waals surface area contributed by atoms with Crippen LogP contribution in [-0.4, -0.2) is 18.8 Å². The van der Waals surface area contributed by atoms with Crippen LogP contribution in [0.4, 0.5) is 0 Å². The molecule has 2 aliphatic rings. The molecule has 0 radical (unpaired) electrons. The fourth-order valence-electron chi connectivity index (χ4n) is 4.52. The molecule has 0 N–H and O–H groups in total. The lowest BCUT2D eigenvalue weighted by molar-refractivity contribution is -0.0144. The maximum atomic E-state index is 6.89. The quantitative estimate of drug-likeness (QED) is 0.449. The van der Waals surface area contributed by atoms with Crippen LogP contribution in [0.25, 0.3) is 0 Å². The molecule has 2 nitrogen and oxygen atoms in total. The molecular formula is C25H24O2. The maximum absolute atomic E-state index is 6.89. The van der Waals surface area contributed by atoms with E-state index in [0.29, 0.717) is 24.7 Å². The van der Waals surface area contributed by atoms with Gasteiger partial charge in [0, 0.05) is 5.92 Å². The van der Waals surface area contributed by atoms with Crippen molar-refractivity contribution < 1.29 is 9.47 Å². The van der Waals surface area contributed by atoms with Gasteiger partial charge in [0.2, 0.25) is 0 Å². The number of fused-ring (bicyclic) bond motifs is 1. The standard InChI is InChI=1S/C25H24O2/c1-4-10-20(11-5-1)25(21-12-6-2-7-13-21,22-14-8-3-9-15-22)26-18-19-16-17-23-24(19)27-23/h1-15,19,23-24H,16-18H2. The summed E-state index contributed by atoms with van der Waals surface area (Å²) in [6, 6.07) is 31.8. The number of hydrogen-bond donors (Lipinski definition) is 0. The minimum Gasteiger partial charge on any atom is -0.369 e. The number of rotatable bonds is 6. The van der Waals surface area contributed by atoms with Gasteiger partial charge in [-0.05, 0) is 29.5 Å². The summed E-state index contributed by atoms with van der Waals surface area (Å²) in [7, 11) is 0. The van der Waals surface area contributed by atoms with E-state index in [4.69, 9.17) is 9.47 Å². The molecule has 27 heavy (non-hydrogen) atoms. The monoisotopic (exact) mass is 356 g/mol. The van der Waals surface area contributed by atoms with Crippen LogP contribution in [0.5, 0.6) is 0 Å². The molecule has 1 aliphatic heterocycles. The highest BCUT2D eigenvalue weighted by atomic mass is 16.6. The van der Waals surface area contributed by atoms with Crippen molar-refractivity contribution in [2.75, 3.05) is 6.61 Å². The first-order valence-electron chi connectivity index (χ1n) is 9.84. The van der Waals surface area contributed by atoms with Crippen molar-refractivity contribution in [3.63, 3.8) is 0 Å². The molecule has 5 rings (SSSR count). The van der Waals surface area contributed by atoms with Crippen molar-refractivity contribution in [3.8, 4) is 0 Å². The van der Waals surface area contributed by atoms with Crippen LogP contribution in [0.2, 0.25) is 0 Å². The zero-order valence-electron chi connectivity index (χ0n) is 15.3. The lowest BCUT2D eigenvalue weighted by atomic mass is 9.80. The lowest BCUT2D eigenvalue weighted by Crippen LogP contribution is -2.35. The van der Waals surface area contributed by atoms with Crippen molar-refractivity contribution >= 4 is 0 Å². The molecule has 1 heterocycles. The van der Waals surface area contributed by atoms with Crippen LogP contribution in [0.1, 0.15) is 29.5 Å². The first-order chi connectivity index (χ1) is 13.4. The molecule has 1 saturated carbocycles. The molecule has 2 heteroatoms. The van der Waals surface area contributed by atoms with E-state index in [0.717, 1.165) is 16.7 Å². The van der Waals surface area contributed by atoms with E-state index < -0.39 is 5.60 Å². The van der Waals surface area contributed by atoms with Gasteiger partial charge in [0.15, 0.2) is 0 Å². The van der Waals surface area contributed by atoms with E-state index in [1.54, 1.807) is 0 Å². The van der Waals surface area contributed by atoms with Crippen molar-refractivity contribution in [2.45, 2.75) is 30.7 Å². The van der Waals surface area contributed by atoms with E-state index in [-0.39, 0.29) is 0 Å². The molecule has 0 bridgehead atoms. The van der Waals surface area contributed by atoms with E-state index in [1.807, 2.05) is 0 Å². The van der Waals surface area contributed by atoms with Gasteiger partial charge in [-0.25, -0.2) is 0 Å². The van der Waals surface area contributed by atoms with Gasteiger partial charge in [-0.2, -0.15) is 0 Å². The minimum absolute atomic E-state index is 0.407. The molecule has 3 aromatic carbocycles. The topological polar surface area (TPSA) is 21.8 Å². The van der Waals surface area contributed by atoms with E-state index in [2.05, 4.69) is 91.0 Å². The highest BCUT2D eigenvalue weighted by Gasteiger charge is 2.51. The smallest absolute Gasteiger partial charge is 0.143 e. The molecule has 3 unspecified atom stereocenters. The summed E-state index contributed by atoms with van der Waals surface area (Å²) in [5.74, 6) is 0.491. The van der Waals surface area contributed by atoms with E-state index >= 15 is 0 Å². The average Bonchev–Trinajstić information content (AvgIpc) is 3.43. The Balaban J connectivity index is 1.62. The van der Waals surface area contributed by atoms with Crippen molar-refractivity contribution in [3.05, 3.63) is 108 Å². The number of benzene rings is 3. The molecule has 0 spiro atoms. The van der Waals surface area contributed by atoms with E-state index in [1.165, 1.54) is 12.8 Å². The number of ether oxygens (including phenoxy) is 2. The summed E-state index contributed by atoms with van der Waals surface area (Å²) in [5.41, 5.74) is 2.87. The lowest BCUT2D eigenvalue weighted by Gasteiger charge is -2.37. The Kier molecular flexibility index (Phi) is 4.31. The summed E-state index contributed by atoms with van der Waals surface area (Å²) >= 11 is 0. The number of hydrogen-bond acceptors (Lipinski definition) is 2. The predicted octanol–water partition coefficient (Wildman–Crippen LogP) is 5.17. The van der Waals surface area contributed by atoms with Gasteiger partial charge in [0.25, 0.3) is 0 Å². The molecule has 0 aromatic heterocycles. The van der Waals surface area contributed by atoms with Gasteiger partial charge in [0.1, 0.15) is 5.60 Å². The SMILES string of the molecule is c1ccc(C(OCC2CCC3OC23)(c2ccccc2)c2ccccc2)cc1. The molecule has 0 amide bonds. The van der Waals surface area contributed by atoms with Gasteiger partial charge in [-0.3, -0.25) is 0 Å². The Labute approximate surface area is 160 Å². The molecule has 1 aliphatic carbocycles. The second kappa shape index (κ2) is 6.95. The third-order valence-electron chi connectivity index (χ3n) is 5.96.